The Morgan fingerprint density at radius 2 is 2.04 bits per heavy atom. The van der Waals surface area contributed by atoms with E-state index in [1.807, 2.05) is 15.5 Å². The molecule has 1 aromatic carbocycles. The number of aliphatic hydroxyl groups excluding tert-OH is 1. The van der Waals surface area contributed by atoms with Crippen molar-refractivity contribution in [3.8, 4) is 0 Å². The van der Waals surface area contributed by atoms with E-state index in [1.165, 1.54) is 17.5 Å². The van der Waals surface area contributed by atoms with Crippen molar-refractivity contribution in [2.75, 3.05) is 6.54 Å². The van der Waals surface area contributed by atoms with Crippen LogP contribution in [0.4, 0.5) is 0 Å². The van der Waals surface area contributed by atoms with Crippen LogP contribution in [0.3, 0.4) is 0 Å². The molecular weight excluding hydrogens is 302 g/mol. The Bertz CT molecular complexity index is 764. The first-order valence-electron chi connectivity index (χ1n) is 8.83. The molecule has 1 N–H and O–H groups in total. The van der Waals surface area contributed by atoms with Crippen LogP contribution >= 0.6 is 0 Å². The largest absolute Gasteiger partial charge is 0.385 e. The van der Waals surface area contributed by atoms with Crippen LogP contribution in [0, 0.1) is 13.8 Å². The van der Waals surface area contributed by atoms with Gasteiger partial charge in [-0.2, -0.15) is 0 Å². The van der Waals surface area contributed by atoms with E-state index in [1.54, 1.807) is 6.92 Å². The number of fused-ring (bicyclic) bond motifs is 1. The van der Waals surface area contributed by atoms with Gasteiger partial charge in [-0.25, -0.2) is 4.98 Å². The Hall–Kier alpha value is -1.88. The molecule has 0 bridgehead atoms. The zero-order chi connectivity index (χ0) is 17.4. The number of piperidine rings is 1. The molecule has 0 saturated carbocycles. The third-order valence-corrected chi connectivity index (χ3v) is 5.18. The lowest BCUT2D eigenvalue weighted by Gasteiger charge is -2.33. The molecule has 0 spiro atoms. The van der Waals surface area contributed by atoms with Crippen molar-refractivity contribution in [1.29, 1.82) is 0 Å². The molecule has 2 aromatic rings. The van der Waals surface area contributed by atoms with Crippen molar-refractivity contribution in [3.05, 3.63) is 29.1 Å². The quantitative estimate of drug-likeness (QED) is 0.941. The number of hydrogen-bond donors (Lipinski definition) is 1. The molecule has 1 aliphatic heterocycles. The van der Waals surface area contributed by atoms with Crippen molar-refractivity contribution in [2.24, 2.45) is 0 Å². The van der Waals surface area contributed by atoms with E-state index in [0.717, 1.165) is 30.4 Å². The van der Waals surface area contributed by atoms with Crippen LogP contribution in [-0.2, 0) is 11.3 Å². The summed E-state index contributed by atoms with van der Waals surface area (Å²) >= 11 is 0. The number of imidazole rings is 1. The van der Waals surface area contributed by atoms with Gasteiger partial charge in [0.15, 0.2) is 0 Å². The Morgan fingerprint density at radius 3 is 2.71 bits per heavy atom. The molecule has 5 heteroatoms. The van der Waals surface area contributed by atoms with Crippen molar-refractivity contribution in [3.63, 3.8) is 0 Å². The second-order valence-corrected chi connectivity index (χ2v) is 7.09. The summed E-state index contributed by atoms with van der Waals surface area (Å²) in [7, 11) is 0. The van der Waals surface area contributed by atoms with Crippen LogP contribution in [0.1, 0.15) is 56.2 Å². The van der Waals surface area contributed by atoms with Crippen molar-refractivity contribution < 1.29 is 9.90 Å². The van der Waals surface area contributed by atoms with Gasteiger partial charge in [-0.3, -0.25) is 4.79 Å². The number of hydrogen-bond acceptors (Lipinski definition) is 3. The van der Waals surface area contributed by atoms with E-state index in [0.29, 0.717) is 11.9 Å². The minimum Gasteiger partial charge on any atom is -0.385 e. The summed E-state index contributed by atoms with van der Waals surface area (Å²) in [6.07, 6.45) is 2.63. The predicted octanol–water partition coefficient (Wildman–Crippen LogP) is 3.11. The molecule has 2 unspecified atom stereocenters. The third kappa shape index (κ3) is 3.05. The first-order valence-corrected chi connectivity index (χ1v) is 8.83. The lowest BCUT2D eigenvalue weighted by molar-refractivity contribution is -0.135. The zero-order valence-electron chi connectivity index (χ0n) is 15.0. The summed E-state index contributed by atoms with van der Waals surface area (Å²) in [5.41, 5.74) is 4.10. The van der Waals surface area contributed by atoms with Gasteiger partial charge in [-0.15, -0.1) is 0 Å². The van der Waals surface area contributed by atoms with Gasteiger partial charge in [-0.1, -0.05) is 0 Å². The number of nitrogens with zero attached hydrogens (tertiary/aromatic N) is 3. The van der Waals surface area contributed by atoms with E-state index in [2.05, 4.69) is 31.8 Å². The SMILES string of the molecule is Cc1cc2nc(C(C)O)n(CC(=O)N3CCCCC3C)c2cc1C. The van der Waals surface area contributed by atoms with Crippen LogP contribution in [0.25, 0.3) is 11.0 Å². The van der Waals surface area contributed by atoms with Gasteiger partial charge >= 0.3 is 0 Å². The number of benzene rings is 1. The number of likely N-dealkylation sites (tertiary alicyclic amines) is 1. The summed E-state index contributed by atoms with van der Waals surface area (Å²) in [6.45, 7) is 9.00. The minimum atomic E-state index is -0.704. The normalized spacial score (nSPS) is 19.7. The second kappa shape index (κ2) is 6.55. The van der Waals surface area contributed by atoms with Crippen LogP contribution in [0.15, 0.2) is 12.1 Å². The Morgan fingerprint density at radius 1 is 1.33 bits per heavy atom. The average Bonchev–Trinajstić information content (AvgIpc) is 2.86. The summed E-state index contributed by atoms with van der Waals surface area (Å²) in [5.74, 6) is 0.676. The van der Waals surface area contributed by atoms with Gasteiger partial charge < -0.3 is 14.6 Å². The first kappa shape index (κ1) is 17.0. The van der Waals surface area contributed by atoms with Crippen molar-refractivity contribution in [2.45, 2.75) is 65.6 Å². The van der Waals surface area contributed by atoms with Gasteiger partial charge in [0.25, 0.3) is 0 Å². The molecule has 1 amide bonds. The highest BCUT2D eigenvalue weighted by molar-refractivity contribution is 5.82. The summed E-state index contributed by atoms with van der Waals surface area (Å²) < 4.78 is 1.89. The lowest BCUT2D eigenvalue weighted by Crippen LogP contribution is -2.43. The molecule has 5 nitrogen and oxygen atoms in total. The number of aryl methyl sites for hydroxylation is 2. The van der Waals surface area contributed by atoms with Crippen LogP contribution in [0.2, 0.25) is 0 Å². The van der Waals surface area contributed by atoms with Gasteiger partial charge in [0, 0.05) is 12.6 Å². The third-order valence-electron chi connectivity index (χ3n) is 5.18. The number of aromatic nitrogens is 2. The highest BCUT2D eigenvalue weighted by Gasteiger charge is 2.25. The first-order chi connectivity index (χ1) is 11.4. The van der Waals surface area contributed by atoms with Gasteiger partial charge in [0.1, 0.15) is 18.5 Å². The topological polar surface area (TPSA) is 58.4 Å². The fraction of sp³-hybridized carbons (Fsp3) is 0.579. The molecule has 130 valence electrons. The van der Waals surface area contributed by atoms with Gasteiger partial charge in [-0.05, 0) is 70.2 Å². The Balaban J connectivity index is 1.99. The number of aliphatic hydroxyl groups is 1. The predicted molar refractivity (Wildman–Crippen MR) is 94.9 cm³/mol. The minimum absolute atomic E-state index is 0.113. The van der Waals surface area contributed by atoms with Crippen molar-refractivity contribution >= 4 is 16.9 Å². The van der Waals surface area contributed by atoms with Crippen LogP contribution in [0.5, 0.6) is 0 Å². The smallest absolute Gasteiger partial charge is 0.242 e. The Kier molecular flexibility index (Phi) is 4.63. The van der Waals surface area contributed by atoms with E-state index in [9.17, 15) is 9.90 Å². The average molecular weight is 329 g/mol. The number of carbonyl (C=O) groups is 1. The molecule has 3 rings (SSSR count). The standard InChI is InChI=1S/C19H27N3O2/c1-12-9-16-17(10-13(12)2)22(19(20-16)15(4)23)11-18(24)21-8-6-5-7-14(21)3/h9-10,14-15,23H,5-8,11H2,1-4H3. The van der Waals surface area contributed by atoms with Crippen LogP contribution < -0.4 is 0 Å². The summed E-state index contributed by atoms with van der Waals surface area (Å²) in [5, 5.41) is 10.1. The molecule has 1 aliphatic rings. The number of amides is 1. The van der Waals surface area contributed by atoms with E-state index >= 15 is 0 Å². The number of carbonyl (C=O) groups excluding carboxylic acids is 1. The molecule has 1 aromatic heterocycles. The van der Waals surface area contributed by atoms with E-state index in [-0.39, 0.29) is 12.5 Å². The van der Waals surface area contributed by atoms with Crippen molar-refractivity contribution in [1.82, 2.24) is 14.5 Å². The monoisotopic (exact) mass is 329 g/mol. The van der Waals surface area contributed by atoms with Crippen LogP contribution in [-0.4, -0.2) is 38.1 Å². The fourth-order valence-electron chi connectivity index (χ4n) is 3.58. The second-order valence-electron chi connectivity index (χ2n) is 7.09. The highest BCUT2D eigenvalue weighted by atomic mass is 16.3. The van der Waals surface area contributed by atoms with E-state index in [4.69, 9.17) is 0 Å². The van der Waals surface area contributed by atoms with Gasteiger partial charge in [0.2, 0.25) is 5.91 Å². The summed E-state index contributed by atoms with van der Waals surface area (Å²) in [4.78, 5) is 19.4. The number of rotatable bonds is 3. The molecule has 2 heterocycles. The Labute approximate surface area is 143 Å². The maximum atomic E-state index is 12.8. The van der Waals surface area contributed by atoms with Gasteiger partial charge in [0.05, 0.1) is 11.0 Å². The fourth-order valence-corrected chi connectivity index (χ4v) is 3.58. The molecule has 0 radical (unpaired) electrons. The maximum absolute atomic E-state index is 12.8. The molecule has 1 fully saturated rings. The lowest BCUT2D eigenvalue weighted by atomic mass is 10.0. The molecule has 24 heavy (non-hydrogen) atoms. The molecule has 1 saturated heterocycles. The molecule has 2 atom stereocenters. The molecular formula is C19H27N3O2. The zero-order valence-corrected chi connectivity index (χ0v) is 15.0. The highest BCUT2D eigenvalue weighted by Crippen LogP contribution is 2.25. The molecule has 0 aliphatic carbocycles. The summed E-state index contributed by atoms with van der Waals surface area (Å²) in [6, 6.07) is 4.39. The maximum Gasteiger partial charge on any atom is 0.242 e. The van der Waals surface area contributed by atoms with E-state index < -0.39 is 6.10 Å².